The predicted molar refractivity (Wildman–Crippen MR) is 89.1 cm³/mol. The van der Waals surface area contributed by atoms with E-state index in [0.29, 0.717) is 0 Å². The number of halogens is 2. The van der Waals surface area contributed by atoms with Crippen molar-refractivity contribution in [3.63, 3.8) is 0 Å². The average Bonchev–Trinajstić information content (AvgIpc) is 2.51. The molecular weight excluding hydrogens is 300 g/mol. The van der Waals surface area contributed by atoms with Crippen LogP contribution in [0.4, 0.5) is 8.78 Å². The van der Waals surface area contributed by atoms with Crippen molar-refractivity contribution in [3.8, 4) is 0 Å². The number of carbonyl (C=O) groups excluding carboxylic acids is 1. The molecule has 0 aliphatic carbocycles. The van der Waals surface area contributed by atoms with Gasteiger partial charge >= 0.3 is 5.97 Å². The van der Waals surface area contributed by atoms with E-state index >= 15 is 0 Å². The second-order valence-electron chi connectivity index (χ2n) is 4.50. The Kier molecular flexibility index (Phi) is 9.83. The molecule has 0 amide bonds. The molecule has 0 atom stereocenters. The topological polar surface area (TPSA) is 38.7 Å². The summed E-state index contributed by atoms with van der Waals surface area (Å²) in [4.78, 5) is 14.7. The Morgan fingerprint density at radius 2 is 1.78 bits per heavy atom. The SMILES string of the molecule is C=C/C(C)=C\C=C/C.CC(=O)O/N=C(\C)c1c(F)cccc1F. The third-order valence-electron chi connectivity index (χ3n) is 2.51. The van der Waals surface area contributed by atoms with E-state index < -0.39 is 17.6 Å². The van der Waals surface area contributed by atoms with Gasteiger partial charge in [0.2, 0.25) is 0 Å². The van der Waals surface area contributed by atoms with Crippen molar-refractivity contribution in [2.24, 2.45) is 5.16 Å². The lowest BCUT2D eigenvalue weighted by atomic mass is 10.1. The first-order valence-corrected chi connectivity index (χ1v) is 6.92. The highest BCUT2D eigenvalue weighted by atomic mass is 19.1. The van der Waals surface area contributed by atoms with Gasteiger partial charge in [-0.3, -0.25) is 0 Å². The van der Waals surface area contributed by atoms with Gasteiger partial charge in [0.15, 0.2) is 0 Å². The van der Waals surface area contributed by atoms with E-state index in [2.05, 4.69) is 16.6 Å². The molecule has 0 N–H and O–H groups in total. The zero-order chi connectivity index (χ0) is 17.8. The number of nitrogens with zero attached hydrogens (tertiary/aromatic N) is 1. The molecule has 0 fully saturated rings. The van der Waals surface area contributed by atoms with Crippen molar-refractivity contribution < 1.29 is 18.4 Å². The summed E-state index contributed by atoms with van der Waals surface area (Å²) in [5.74, 6) is -2.14. The highest BCUT2D eigenvalue weighted by molar-refractivity contribution is 5.99. The lowest BCUT2D eigenvalue weighted by Gasteiger charge is -2.02. The zero-order valence-electron chi connectivity index (χ0n) is 13.8. The van der Waals surface area contributed by atoms with E-state index in [4.69, 9.17) is 0 Å². The Hall–Kier alpha value is -2.56. The third-order valence-corrected chi connectivity index (χ3v) is 2.51. The van der Waals surface area contributed by atoms with Crippen LogP contribution in [0.25, 0.3) is 0 Å². The van der Waals surface area contributed by atoms with E-state index in [1.807, 2.05) is 38.2 Å². The number of oxime groups is 1. The van der Waals surface area contributed by atoms with Gasteiger partial charge in [-0.15, -0.1) is 0 Å². The van der Waals surface area contributed by atoms with E-state index in [1.165, 1.54) is 18.6 Å². The molecule has 0 bridgehead atoms. The number of allylic oxidation sites excluding steroid dienone is 5. The fraction of sp³-hybridized carbons (Fsp3) is 0.222. The number of rotatable bonds is 4. The lowest BCUT2D eigenvalue weighted by Crippen LogP contribution is -2.05. The lowest BCUT2D eigenvalue weighted by molar-refractivity contribution is -0.140. The summed E-state index contributed by atoms with van der Waals surface area (Å²) in [5, 5.41) is 3.30. The summed E-state index contributed by atoms with van der Waals surface area (Å²) in [6, 6.07) is 3.45. The Morgan fingerprint density at radius 3 is 2.22 bits per heavy atom. The molecule has 0 saturated heterocycles. The van der Waals surface area contributed by atoms with Gasteiger partial charge in [-0.2, -0.15) is 0 Å². The van der Waals surface area contributed by atoms with Crippen LogP contribution < -0.4 is 0 Å². The summed E-state index contributed by atoms with van der Waals surface area (Å²) in [6.07, 6.45) is 7.84. The maximum Gasteiger partial charge on any atom is 0.331 e. The fourth-order valence-electron chi connectivity index (χ4n) is 1.34. The molecule has 1 rings (SSSR count). The minimum absolute atomic E-state index is 0.0270. The monoisotopic (exact) mass is 321 g/mol. The van der Waals surface area contributed by atoms with Gasteiger partial charge in [-0.25, -0.2) is 13.6 Å². The maximum atomic E-state index is 13.2. The summed E-state index contributed by atoms with van der Waals surface area (Å²) in [6.45, 7) is 10.1. The highest BCUT2D eigenvalue weighted by Gasteiger charge is 2.11. The van der Waals surface area contributed by atoms with Crippen LogP contribution in [0.5, 0.6) is 0 Å². The van der Waals surface area contributed by atoms with Gasteiger partial charge in [0, 0.05) is 6.92 Å². The van der Waals surface area contributed by atoms with E-state index in [1.54, 1.807) is 0 Å². The quantitative estimate of drug-likeness (QED) is 0.341. The number of benzene rings is 1. The zero-order valence-corrected chi connectivity index (χ0v) is 13.8. The smallest absolute Gasteiger partial charge is 0.318 e. The Labute approximate surface area is 135 Å². The summed E-state index contributed by atoms with van der Waals surface area (Å²) in [7, 11) is 0. The molecule has 0 saturated carbocycles. The van der Waals surface area contributed by atoms with Gasteiger partial charge in [-0.1, -0.05) is 47.7 Å². The molecule has 1 aromatic rings. The molecule has 0 aliphatic heterocycles. The van der Waals surface area contributed by atoms with Crippen molar-refractivity contribution in [2.45, 2.75) is 27.7 Å². The second kappa shape index (κ2) is 11.1. The molecule has 0 spiro atoms. The minimum atomic E-state index is -0.747. The van der Waals surface area contributed by atoms with Crippen LogP contribution in [-0.4, -0.2) is 11.7 Å². The van der Waals surface area contributed by atoms with Crippen LogP contribution in [0.3, 0.4) is 0 Å². The van der Waals surface area contributed by atoms with Gasteiger partial charge in [0.1, 0.15) is 11.6 Å². The summed E-state index contributed by atoms with van der Waals surface area (Å²) in [5.41, 5.74) is 0.877. The van der Waals surface area contributed by atoms with Gasteiger partial charge in [-0.05, 0) is 32.9 Å². The molecule has 3 nitrogen and oxygen atoms in total. The second-order valence-corrected chi connectivity index (χ2v) is 4.50. The van der Waals surface area contributed by atoms with Gasteiger partial charge in [0.05, 0.1) is 11.3 Å². The van der Waals surface area contributed by atoms with Crippen LogP contribution in [0.2, 0.25) is 0 Å². The van der Waals surface area contributed by atoms with Crippen LogP contribution in [-0.2, 0) is 9.63 Å². The maximum absolute atomic E-state index is 13.2. The van der Waals surface area contributed by atoms with Gasteiger partial charge in [0.25, 0.3) is 0 Å². The van der Waals surface area contributed by atoms with E-state index in [-0.39, 0.29) is 11.3 Å². The Balaban J connectivity index is 0.000000515. The largest absolute Gasteiger partial charge is 0.331 e. The molecule has 23 heavy (non-hydrogen) atoms. The molecule has 0 radical (unpaired) electrons. The normalized spacial score (nSPS) is 11.7. The number of hydrogen-bond acceptors (Lipinski definition) is 3. The number of carbonyl (C=O) groups is 1. The molecule has 1 aromatic carbocycles. The molecule has 5 heteroatoms. The van der Waals surface area contributed by atoms with Crippen LogP contribution >= 0.6 is 0 Å². The summed E-state index contributed by atoms with van der Waals surface area (Å²) < 4.78 is 26.3. The molecule has 0 heterocycles. The van der Waals surface area contributed by atoms with Crippen molar-refractivity contribution in [1.82, 2.24) is 0 Å². The van der Waals surface area contributed by atoms with Crippen molar-refractivity contribution in [3.05, 3.63) is 71.9 Å². The van der Waals surface area contributed by atoms with E-state index in [0.717, 1.165) is 19.1 Å². The van der Waals surface area contributed by atoms with E-state index in [9.17, 15) is 13.6 Å². The minimum Gasteiger partial charge on any atom is -0.318 e. The Bertz CT molecular complexity index is 612. The van der Waals surface area contributed by atoms with Crippen LogP contribution in [0.1, 0.15) is 33.3 Å². The van der Waals surface area contributed by atoms with Crippen molar-refractivity contribution in [2.75, 3.05) is 0 Å². The van der Waals surface area contributed by atoms with Crippen LogP contribution in [0.15, 0.2) is 59.8 Å². The standard InChI is InChI=1S/C10H9F2NO2.C8H12/c1-6(13-15-7(2)14)10-8(11)4-3-5-9(10)12;1-4-6-7-8(3)5-2/h3-5H,1-2H3;4-7H,2H2,1,3H3/b13-6+;6-4-,8-7-. The third kappa shape index (κ3) is 8.46. The predicted octanol–water partition coefficient (Wildman–Crippen LogP) is 4.95. The van der Waals surface area contributed by atoms with Crippen molar-refractivity contribution in [1.29, 1.82) is 0 Å². The first-order valence-electron chi connectivity index (χ1n) is 6.92. The number of hydrogen-bond donors (Lipinski definition) is 0. The van der Waals surface area contributed by atoms with Crippen molar-refractivity contribution >= 4 is 11.7 Å². The van der Waals surface area contributed by atoms with Crippen LogP contribution in [0, 0.1) is 11.6 Å². The van der Waals surface area contributed by atoms with Gasteiger partial charge < -0.3 is 4.84 Å². The molecule has 0 aliphatic rings. The first kappa shape index (κ1) is 20.4. The first-order chi connectivity index (χ1) is 10.8. The molecular formula is C18H21F2NO2. The molecule has 124 valence electrons. The highest BCUT2D eigenvalue weighted by Crippen LogP contribution is 2.13. The summed E-state index contributed by atoms with van der Waals surface area (Å²) >= 11 is 0. The Morgan fingerprint density at radius 1 is 1.22 bits per heavy atom. The average molecular weight is 321 g/mol. The fourth-order valence-corrected chi connectivity index (χ4v) is 1.34. The molecule has 0 aromatic heterocycles. The molecule has 0 unspecified atom stereocenters.